The van der Waals surface area contributed by atoms with Gasteiger partial charge < -0.3 is 14.7 Å². The SMILES string of the molecule is O=C(c1cc2c(s1)CCCCCC2)N1C[C@H]2COCC[C@@]2(C(=O)O)C1. The first-order valence-electron chi connectivity index (χ1n) is 9.32. The Kier molecular flexibility index (Phi) is 4.58. The molecule has 0 saturated carbocycles. The van der Waals surface area contributed by atoms with Crippen LogP contribution in [0.15, 0.2) is 6.07 Å². The third kappa shape index (κ3) is 2.99. The van der Waals surface area contributed by atoms with Gasteiger partial charge in [-0.05, 0) is 43.7 Å². The molecule has 0 bridgehead atoms. The molecule has 3 aliphatic rings. The van der Waals surface area contributed by atoms with Gasteiger partial charge >= 0.3 is 5.97 Å². The van der Waals surface area contributed by atoms with Crippen LogP contribution in [0.1, 0.15) is 52.2 Å². The average Bonchev–Trinajstić information content (AvgIpc) is 3.16. The van der Waals surface area contributed by atoms with E-state index in [1.807, 2.05) is 0 Å². The van der Waals surface area contributed by atoms with Gasteiger partial charge in [0.25, 0.3) is 5.91 Å². The van der Waals surface area contributed by atoms with Gasteiger partial charge in [0.2, 0.25) is 0 Å². The van der Waals surface area contributed by atoms with Gasteiger partial charge in [0, 0.05) is 30.5 Å². The zero-order valence-electron chi connectivity index (χ0n) is 14.5. The number of rotatable bonds is 2. The third-order valence-corrected chi connectivity index (χ3v) is 7.35. The van der Waals surface area contributed by atoms with Gasteiger partial charge in [0.05, 0.1) is 16.9 Å². The van der Waals surface area contributed by atoms with Crippen LogP contribution in [0.5, 0.6) is 0 Å². The summed E-state index contributed by atoms with van der Waals surface area (Å²) >= 11 is 1.62. The lowest BCUT2D eigenvalue weighted by atomic mass is 9.74. The second-order valence-corrected chi connectivity index (χ2v) is 8.78. The quantitative estimate of drug-likeness (QED) is 0.877. The monoisotopic (exact) mass is 363 g/mol. The topological polar surface area (TPSA) is 66.8 Å². The highest BCUT2D eigenvalue weighted by molar-refractivity contribution is 7.14. The standard InChI is InChI=1S/C19H25NO4S/c21-17(16-9-13-5-3-1-2-4-6-15(13)25-16)20-10-14-11-24-8-7-19(14,12-20)18(22)23/h9,14H,1-8,10-12H2,(H,22,23)/t14-,19+/m0/s1. The Balaban J connectivity index is 1.55. The Labute approximate surface area is 152 Å². The maximum Gasteiger partial charge on any atom is 0.311 e. The second kappa shape index (κ2) is 6.72. The number of carboxylic acid groups (broad SMARTS) is 1. The number of thiophene rings is 1. The molecule has 0 spiro atoms. The molecule has 4 rings (SSSR count). The van der Waals surface area contributed by atoms with E-state index in [0.29, 0.717) is 32.7 Å². The summed E-state index contributed by atoms with van der Waals surface area (Å²) in [5.41, 5.74) is 0.515. The maximum atomic E-state index is 13.0. The summed E-state index contributed by atoms with van der Waals surface area (Å²) in [5, 5.41) is 9.77. The molecule has 2 fully saturated rings. The van der Waals surface area contributed by atoms with E-state index in [4.69, 9.17) is 4.74 Å². The minimum atomic E-state index is -0.820. The number of carboxylic acids is 1. The number of nitrogens with zero attached hydrogens (tertiary/aromatic N) is 1. The van der Waals surface area contributed by atoms with Crippen LogP contribution in [0.25, 0.3) is 0 Å². The zero-order chi connectivity index (χ0) is 17.4. The Morgan fingerprint density at radius 3 is 2.80 bits per heavy atom. The van der Waals surface area contributed by atoms with E-state index in [0.717, 1.165) is 17.7 Å². The first kappa shape index (κ1) is 17.0. The Morgan fingerprint density at radius 2 is 2.04 bits per heavy atom. The predicted octanol–water partition coefficient (Wildman–Crippen LogP) is 2.97. The highest BCUT2D eigenvalue weighted by Gasteiger charge is 2.55. The number of carbonyl (C=O) groups excluding carboxylic acids is 1. The largest absolute Gasteiger partial charge is 0.481 e. The highest BCUT2D eigenvalue weighted by atomic mass is 32.1. The van der Waals surface area contributed by atoms with Crippen molar-refractivity contribution in [3.63, 3.8) is 0 Å². The fourth-order valence-corrected chi connectivity index (χ4v) is 5.78. The van der Waals surface area contributed by atoms with Gasteiger partial charge in [0.1, 0.15) is 0 Å². The molecule has 25 heavy (non-hydrogen) atoms. The number of carbonyl (C=O) groups is 2. The number of hydrogen-bond acceptors (Lipinski definition) is 4. The van der Waals surface area contributed by atoms with Gasteiger partial charge in [-0.1, -0.05) is 12.8 Å². The molecule has 0 unspecified atom stereocenters. The van der Waals surface area contributed by atoms with E-state index in [2.05, 4.69) is 6.07 Å². The Morgan fingerprint density at radius 1 is 1.24 bits per heavy atom. The van der Waals surface area contributed by atoms with E-state index >= 15 is 0 Å². The second-order valence-electron chi connectivity index (χ2n) is 7.64. The number of hydrogen-bond donors (Lipinski definition) is 1. The Bertz CT molecular complexity index is 659. The van der Waals surface area contributed by atoms with Crippen LogP contribution in [0.2, 0.25) is 0 Å². The normalized spacial score (nSPS) is 29.4. The smallest absolute Gasteiger partial charge is 0.311 e. The molecule has 6 heteroatoms. The molecule has 1 aliphatic carbocycles. The number of aliphatic carboxylic acids is 1. The van der Waals surface area contributed by atoms with Gasteiger partial charge in [-0.3, -0.25) is 9.59 Å². The van der Waals surface area contributed by atoms with Crippen LogP contribution >= 0.6 is 11.3 Å². The van der Waals surface area contributed by atoms with Crippen LogP contribution in [0.4, 0.5) is 0 Å². The molecule has 1 aromatic rings. The molecule has 3 heterocycles. The fraction of sp³-hybridized carbons (Fsp3) is 0.684. The van der Waals surface area contributed by atoms with Crippen LogP contribution in [0.3, 0.4) is 0 Å². The van der Waals surface area contributed by atoms with E-state index in [9.17, 15) is 14.7 Å². The van der Waals surface area contributed by atoms with Crippen molar-refractivity contribution in [2.24, 2.45) is 11.3 Å². The number of aryl methyl sites for hydroxylation is 2. The number of fused-ring (bicyclic) bond motifs is 2. The molecule has 2 saturated heterocycles. The zero-order valence-corrected chi connectivity index (χ0v) is 15.3. The lowest BCUT2D eigenvalue weighted by molar-refractivity contribution is -0.157. The number of ether oxygens (including phenoxy) is 1. The molecule has 2 aliphatic heterocycles. The summed E-state index contributed by atoms with van der Waals surface area (Å²) in [6, 6.07) is 2.07. The van der Waals surface area contributed by atoms with Gasteiger partial charge in [0.15, 0.2) is 0 Å². The molecular formula is C19H25NO4S. The van der Waals surface area contributed by atoms with E-state index in [-0.39, 0.29) is 11.8 Å². The predicted molar refractivity (Wildman–Crippen MR) is 95.1 cm³/mol. The molecule has 1 amide bonds. The molecule has 0 aromatic carbocycles. The van der Waals surface area contributed by atoms with E-state index in [1.165, 1.54) is 36.1 Å². The van der Waals surface area contributed by atoms with Crippen molar-refractivity contribution in [1.82, 2.24) is 4.90 Å². The van der Waals surface area contributed by atoms with Gasteiger partial charge in [-0.2, -0.15) is 0 Å². The highest BCUT2D eigenvalue weighted by Crippen LogP contribution is 2.43. The van der Waals surface area contributed by atoms with E-state index < -0.39 is 11.4 Å². The first-order valence-corrected chi connectivity index (χ1v) is 10.1. The third-order valence-electron chi connectivity index (χ3n) is 6.13. The van der Waals surface area contributed by atoms with Crippen molar-refractivity contribution in [2.45, 2.75) is 44.9 Å². The van der Waals surface area contributed by atoms with Crippen LogP contribution in [-0.2, 0) is 22.4 Å². The fourth-order valence-electron chi connectivity index (χ4n) is 4.56. The molecule has 2 atom stereocenters. The van der Waals surface area contributed by atoms with Gasteiger partial charge in [-0.25, -0.2) is 0 Å². The van der Waals surface area contributed by atoms with Crippen molar-refractivity contribution in [2.75, 3.05) is 26.3 Å². The molecule has 5 nitrogen and oxygen atoms in total. The molecular weight excluding hydrogens is 338 g/mol. The summed E-state index contributed by atoms with van der Waals surface area (Å²) < 4.78 is 5.49. The van der Waals surface area contributed by atoms with Crippen molar-refractivity contribution in [1.29, 1.82) is 0 Å². The first-order chi connectivity index (χ1) is 12.1. The molecule has 1 N–H and O–H groups in total. The Hall–Kier alpha value is -1.40. The van der Waals surface area contributed by atoms with Crippen LogP contribution in [-0.4, -0.2) is 48.2 Å². The van der Waals surface area contributed by atoms with Gasteiger partial charge in [-0.15, -0.1) is 11.3 Å². The average molecular weight is 363 g/mol. The van der Waals surface area contributed by atoms with Crippen molar-refractivity contribution >= 4 is 23.2 Å². The lowest BCUT2D eigenvalue weighted by Crippen LogP contribution is -2.45. The van der Waals surface area contributed by atoms with Crippen molar-refractivity contribution < 1.29 is 19.4 Å². The van der Waals surface area contributed by atoms with Crippen LogP contribution in [0, 0.1) is 11.3 Å². The molecule has 136 valence electrons. The molecule has 1 aromatic heterocycles. The minimum Gasteiger partial charge on any atom is -0.481 e. The summed E-state index contributed by atoms with van der Waals surface area (Å²) in [6.45, 7) is 1.72. The summed E-state index contributed by atoms with van der Waals surface area (Å²) in [5.74, 6) is -0.870. The maximum absolute atomic E-state index is 13.0. The van der Waals surface area contributed by atoms with Crippen molar-refractivity contribution in [3.05, 3.63) is 21.4 Å². The summed E-state index contributed by atoms with van der Waals surface area (Å²) in [4.78, 5) is 28.9. The number of likely N-dealkylation sites (tertiary alicyclic amines) is 1. The van der Waals surface area contributed by atoms with Crippen LogP contribution < -0.4 is 0 Å². The minimum absolute atomic E-state index is 0.00627. The lowest BCUT2D eigenvalue weighted by Gasteiger charge is -2.33. The van der Waals surface area contributed by atoms with E-state index in [1.54, 1.807) is 16.2 Å². The van der Waals surface area contributed by atoms with Crippen molar-refractivity contribution in [3.8, 4) is 0 Å². The molecule has 0 radical (unpaired) electrons. The summed E-state index contributed by atoms with van der Waals surface area (Å²) in [6.07, 6.45) is 7.58. The number of amides is 1. The summed E-state index contributed by atoms with van der Waals surface area (Å²) in [7, 11) is 0.